The molecule has 2 heterocycles. The number of amides is 1. The average Bonchev–Trinajstić information content (AvgIpc) is 3.27. The molecule has 178 valence electrons. The number of anilines is 1. The Kier molecular flexibility index (Phi) is 8.14. The van der Waals surface area contributed by atoms with E-state index in [1.54, 1.807) is 12.1 Å². The number of carboxylic acid groups (broad SMARTS) is 1. The van der Waals surface area contributed by atoms with E-state index >= 15 is 0 Å². The number of halogens is 1. The number of ether oxygens (including phenoxy) is 1. The van der Waals surface area contributed by atoms with Gasteiger partial charge in [-0.2, -0.15) is 0 Å². The predicted octanol–water partition coefficient (Wildman–Crippen LogP) is 2.74. The number of aromatic carboxylic acids is 1. The average molecular weight is 551 g/mol. The van der Waals surface area contributed by atoms with E-state index in [1.165, 1.54) is 31.2 Å². The van der Waals surface area contributed by atoms with E-state index in [1.807, 2.05) is 18.2 Å². The zero-order valence-electron chi connectivity index (χ0n) is 17.8. The Balaban J connectivity index is 0.000000197. The number of carbonyl (C=O) groups excluding carboxylic acids is 1. The van der Waals surface area contributed by atoms with E-state index in [4.69, 9.17) is 30.8 Å². The molecule has 0 aliphatic carbocycles. The monoisotopic (exact) mass is 550 g/mol. The number of nitrogens with one attached hydrogen (secondary N) is 1. The summed E-state index contributed by atoms with van der Waals surface area (Å²) in [6, 6.07) is 14.5. The molecule has 2 aromatic carbocycles. The maximum Gasteiger partial charge on any atom is 0.356 e. The second kappa shape index (κ2) is 10.9. The number of carboxylic acids is 1. The molecule has 4 rings (SSSR count). The summed E-state index contributed by atoms with van der Waals surface area (Å²) >= 11 is 1.05. The van der Waals surface area contributed by atoms with Gasteiger partial charge >= 0.3 is 94.4 Å². The number of benzene rings is 2. The van der Waals surface area contributed by atoms with E-state index < -0.39 is 20.1 Å². The van der Waals surface area contributed by atoms with Gasteiger partial charge in [0.15, 0.2) is 5.69 Å². The Hall–Kier alpha value is -3.14. The summed E-state index contributed by atoms with van der Waals surface area (Å²) in [7, 11) is 0. The smallest absolute Gasteiger partial charge is 0.356 e. The standard InChI is InChI=1S/C14H10ClNO3.C8H10AsNO5/c15-10-2-3-11(16-13(10)14(17)18)8-1-4-12-9(7-8)5-6-19-12;1-6(11)10-8-4-2-7(3-5-8)9(12,13)15-14/h1-4,7H,5-6H2,(H,17,18);2-5,14H,1H3,(H,10,11)(H,12,13). The molecule has 3 aromatic rings. The van der Waals surface area contributed by atoms with Crippen molar-refractivity contribution in [3.8, 4) is 17.0 Å². The fourth-order valence-electron chi connectivity index (χ4n) is 3.08. The van der Waals surface area contributed by atoms with Crippen molar-refractivity contribution in [3.63, 3.8) is 0 Å². The van der Waals surface area contributed by atoms with Crippen molar-refractivity contribution >= 4 is 47.7 Å². The van der Waals surface area contributed by atoms with Crippen molar-refractivity contribution in [3.05, 3.63) is 70.9 Å². The largest absolute Gasteiger partial charge is 0.493 e. The van der Waals surface area contributed by atoms with Crippen LogP contribution in [0, 0.1) is 0 Å². The van der Waals surface area contributed by atoms with Gasteiger partial charge in [0, 0.05) is 12.0 Å². The molecule has 0 saturated heterocycles. The summed E-state index contributed by atoms with van der Waals surface area (Å²) in [5.41, 5.74) is 2.95. The van der Waals surface area contributed by atoms with Gasteiger partial charge in [0.1, 0.15) is 5.75 Å². The molecular formula is C22H20AsClN2O8. The molecule has 1 aromatic heterocycles. The van der Waals surface area contributed by atoms with Gasteiger partial charge in [0.2, 0.25) is 0 Å². The molecule has 1 aliphatic heterocycles. The number of hydrogen-bond acceptors (Lipinski definition) is 7. The Bertz CT molecular complexity index is 1270. The molecular weight excluding hydrogens is 531 g/mol. The van der Waals surface area contributed by atoms with Gasteiger partial charge in [-0.3, -0.25) is 0 Å². The fraction of sp³-hybridized carbons (Fsp3) is 0.136. The third-order valence-corrected chi connectivity index (χ3v) is 7.42. The van der Waals surface area contributed by atoms with Gasteiger partial charge < -0.3 is 9.84 Å². The second-order valence-corrected chi connectivity index (χ2v) is 11.1. The van der Waals surface area contributed by atoms with Gasteiger partial charge in [-0.1, -0.05) is 11.6 Å². The minimum Gasteiger partial charge on any atom is -0.493 e. The van der Waals surface area contributed by atoms with Crippen molar-refractivity contribution in [2.24, 2.45) is 0 Å². The van der Waals surface area contributed by atoms with Crippen LogP contribution in [0.15, 0.2) is 54.6 Å². The third-order valence-electron chi connectivity index (χ3n) is 4.66. The van der Waals surface area contributed by atoms with Crippen LogP contribution in [-0.2, 0) is 18.8 Å². The van der Waals surface area contributed by atoms with Crippen LogP contribution >= 0.6 is 11.6 Å². The number of pyridine rings is 1. The zero-order chi connectivity index (χ0) is 24.9. The first-order valence-corrected chi connectivity index (χ1v) is 13.5. The summed E-state index contributed by atoms with van der Waals surface area (Å²) in [4.78, 5) is 25.8. The first-order valence-electron chi connectivity index (χ1n) is 9.81. The molecule has 10 nitrogen and oxygen atoms in total. The number of fused-ring (bicyclic) bond motifs is 1. The number of hydrogen-bond donors (Lipinski definition) is 4. The summed E-state index contributed by atoms with van der Waals surface area (Å²) in [6.07, 6.45) is 0.864. The molecule has 0 bridgehead atoms. The van der Waals surface area contributed by atoms with E-state index in [2.05, 4.69) is 14.2 Å². The number of carbonyl (C=O) groups is 2. The Morgan fingerprint density at radius 3 is 2.47 bits per heavy atom. The molecule has 1 atom stereocenters. The molecule has 0 saturated carbocycles. The van der Waals surface area contributed by atoms with Crippen LogP contribution in [0.3, 0.4) is 0 Å². The summed E-state index contributed by atoms with van der Waals surface area (Å²) in [5, 5.41) is 19.9. The topological polar surface area (TPSA) is 155 Å². The third kappa shape index (κ3) is 6.25. The first-order chi connectivity index (χ1) is 16.1. The van der Waals surface area contributed by atoms with Crippen LogP contribution < -0.4 is 14.4 Å². The Morgan fingerprint density at radius 1 is 1.15 bits per heavy atom. The van der Waals surface area contributed by atoms with Gasteiger partial charge in [0.25, 0.3) is 0 Å². The number of aromatic nitrogens is 1. The van der Waals surface area contributed by atoms with Crippen LogP contribution in [0.2, 0.25) is 5.02 Å². The van der Waals surface area contributed by atoms with Crippen molar-refractivity contribution in [1.82, 2.24) is 4.98 Å². The number of nitrogens with zero attached hydrogens (tertiary/aromatic N) is 1. The van der Waals surface area contributed by atoms with Gasteiger partial charge in [0.05, 0.1) is 17.3 Å². The van der Waals surface area contributed by atoms with Crippen molar-refractivity contribution < 1.29 is 36.4 Å². The van der Waals surface area contributed by atoms with Crippen LogP contribution in [0.4, 0.5) is 5.69 Å². The quantitative estimate of drug-likeness (QED) is 0.213. The van der Waals surface area contributed by atoms with Gasteiger partial charge in [-0.15, -0.1) is 0 Å². The van der Waals surface area contributed by atoms with E-state index in [-0.39, 0.29) is 21.0 Å². The normalized spacial score (nSPS) is 13.5. The Morgan fingerprint density at radius 2 is 1.85 bits per heavy atom. The first kappa shape index (κ1) is 25.5. The maximum absolute atomic E-state index is 11.2. The summed E-state index contributed by atoms with van der Waals surface area (Å²) in [5.74, 6) is -0.480. The van der Waals surface area contributed by atoms with Gasteiger partial charge in [-0.05, 0) is 35.9 Å². The van der Waals surface area contributed by atoms with Crippen LogP contribution in [-0.4, -0.2) is 52.1 Å². The molecule has 0 radical (unpaired) electrons. The second-order valence-electron chi connectivity index (χ2n) is 7.08. The SMILES string of the molecule is CC(=O)Nc1ccc([As](=O)(O)OO)cc1.O=C(O)c1nc(-c2ccc3c(c2)CCO3)ccc1Cl. The van der Waals surface area contributed by atoms with E-state index in [0.717, 1.165) is 23.3 Å². The van der Waals surface area contributed by atoms with Crippen molar-refractivity contribution in [2.75, 3.05) is 11.9 Å². The van der Waals surface area contributed by atoms with E-state index in [9.17, 15) is 13.3 Å². The summed E-state index contributed by atoms with van der Waals surface area (Å²) < 4.78 is 29.3. The molecule has 12 heteroatoms. The van der Waals surface area contributed by atoms with E-state index in [0.29, 0.717) is 18.0 Å². The molecule has 1 amide bonds. The molecule has 0 fully saturated rings. The molecule has 34 heavy (non-hydrogen) atoms. The maximum atomic E-state index is 11.2. The van der Waals surface area contributed by atoms with Crippen LogP contribution in [0.1, 0.15) is 23.0 Å². The zero-order valence-corrected chi connectivity index (χ0v) is 20.4. The molecule has 4 N–H and O–H groups in total. The number of rotatable bonds is 5. The summed E-state index contributed by atoms with van der Waals surface area (Å²) in [6.45, 7) is 2.04. The minimum absolute atomic E-state index is 0.00438. The van der Waals surface area contributed by atoms with Gasteiger partial charge in [-0.25, -0.2) is 9.78 Å². The molecule has 0 spiro atoms. The van der Waals surface area contributed by atoms with Crippen molar-refractivity contribution in [2.45, 2.75) is 13.3 Å². The fourth-order valence-corrected chi connectivity index (χ4v) is 4.57. The van der Waals surface area contributed by atoms with Crippen LogP contribution in [0.25, 0.3) is 11.3 Å². The minimum atomic E-state index is -4.76. The molecule has 1 unspecified atom stereocenters. The van der Waals surface area contributed by atoms with Crippen molar-refractivity contribution in [1.29, 1.82) is 0 Å². The predicted molar refractivity (Wildman–Crippen MR) is 124 cm³/mol. The molecule has 1 aliphatic rings. The Labute approximate surface area is 202 Å². The van der Waals surface area contributed by atoms with Crippen LogP contribution in [0.5, 0.6) is 5.75 Å².